The number of hydrogen-bond donors (Lipinski definition) is 1. The lowest BCUT2D eigenvalue weighted by Crippen LogP contribution is -2.14. The number of H-pyrrole nitrogens is 1. The second-order valence-corrected chi connectivity index (χ2v) is 4.66. The molecule has 1 N–H and O–H groups in total. The minimum absolute atomic E-state index is 0.000519. The summed E-state index contributed by atoms with van der Waals surface area (Å²) < 4.78 is 21.0. The van der Waals surface area contributed by atoms with Crippen molar-refractivity contribution in [3.05, 3.63) is 27.7 Å². The number of hydrogen-bond acceptors (Lipinski definition) is 2. The first-order chi connectivity index (χ1) is 8.02. The Hall–Kier alpha value is -0.910. The number of aromatic amines is 1. The molecule has 1 unspecified atom stereocenters. The molecule has 17 heavy (non-hydrogen) atoms. The van der Waals surface area contributed by atoms with Gasteiger partial charge in [-0.05, 0) is 25.2 Å². The Balaban J connectivity index is 2.58. The first kappa shape index (κ1) is 12.5. The summed E-state index contributed by atoms with van der Waals surface area (Å²) in [7, 11) is 1.63. The number of imidazole rings is 1. The number of methoxy groups -OCH3 is 1. The molecule has 3 nitrogen and oxygen atoms in total. The van der Waals surface area contributed by atoms with Gasteiger partial charge in [0.05, 0.1) is 28.7 Å². The molecule has 1 aromatic carbocycles. The normalized spacial score (nSPS) is 13.2. The second-order valence-electron chi connectivity index (χ2n) is 3.87. The second kappa shape index (κ2) is 4.76. The highest BCUT2D eigenvalue weighted by molar-refractivity contribution is 7.71. The number of nitrogens with zero attached hydrogens (tertiary/aromatic N) is 1. The van der Waals surface area contributed by atoms with E-state index in [1.54, 1.807) is 11.7 Å². The maximum absolute atomic E-state index is 13.4. The maximum atomic E-state index is 13.4. The van der Waals surface area contributed by atoms with Crippen LogP contribution in [0.25, 0.3) is 11.0 Å². The summed E-state index contributed by atoms with van der Waals surface area (Å²) in [5, 5.41) is 0.0840. The predicted molar refractivity (Wildman–Crippen MR) is 68.6 cm³/mol. The van der Waals surface area contributed by atoms with E-state index in [-0.39, 0.29) is 11.1 Å². The standard InChI is InChI=1S/C11H12ClFN2OS/c1-6(16-2)5-15-10-4-8(13)7(12)3-9(10)14-11(15)17/h3-4,6H,5H2,1-2H3,(H,14,17). The van der Waals surface area contributed by atoms with Crippen LogP contribution in [0, 0.1) is 10.6 Å². The molecule has 0 aliphatic rings. The van der Waals surface area contributed by atoms with Gasteiger partial charge in [0.15, 0.2) is 4.77 Å². The van der Waals surface area contributed by atoms with Crippen molar-refractivity contribution in [1.29, 1.82) is 0 Å². The van der Waals surface area contributed by atoms with Crippen molar-refractivity contribution in [1.82, 2.24) is 9.55 Å². The molecule has 0 amide bonds. The van der Waals surface area contributed by atoms with E-state index in [4.69, 9.17) is 28.6 Å². The molecule has 2 rings (SSSR count). The molecule has 0 radical (unpaired) electrons. The lowest BCUT2D eigenvalue weighted by Gasteiger charge is -2.11. The van der Waals surface area contributed by atoms with E-state index in [1.165, 1.54) is 12.1 Å². The van der Waals surface area contributed by atoms with Gasteiger partial charge in [-0.15, -0.1) is 0 Å². The van der Waals surface area contributed by atoms with Crippen molar-refractivity contribution < 1.29 is 9.13 Å². The Kier molecular flexibility index (Phi) is 3.51. The SMILES string of the molecule is COC(C)Cn1c(=S)[nH]c2cc(Cl)c(F)cc21. The van der Waals surface area contributed by atoms with E-state index < -0.39 is 5.82 Å². The summed E-state index contributed by atoms with van der Waals surface area (Å²) in [5.41, 5.74) is 1.42. The highest BCUT2D eigenvalue weighted by atomic mass is 35.5. The maximum Gasteiger partial charge on any atom is 0.178 e. The fourth-order valence-electron chi connectivity index (χ4n) is 1.66. The van der Waals surface area contributed by atoms with Gasteiger partial charge in [0.25, 0.3) is 0 Å². The molecule has 0 spiro atoms. The van der Waals surface area contributed by atoms with Crippen LogP contribution in [0.5, 0.6) is 0 Å². The third-order valence-electron chi connectivity index (χ3n) is 2.66. The van der Waals surface area contributed by atoms with E-state index in [2.05, 4.69) is 4.98 Å². The molecule has 0 saturated heterocycles. The number of benzene rings is 1. The highest BCUT2D eigenvalue weighted by Crippen LogP contribution is 2.23. The fourth-order valence-corrected chi connectivity index (χ4v) is 2.11. The van der Waals surface area contributed by atoms with E-state index in [0.717, 1.165) is 5.52 Å². The van der Waals surface area contributed by atoms with Crippen LogP contribution >= 0.6 is 23.8 Å². The molecule has 0 saturated carbocycles. The number of halogens is 2. The molecular weight excluding hydrogens is 263 g/mol. The Morgan fingerprint density at radius 1 is 1.59 bits per heavy atom. The number of rotatable bonds is 3. The van der Waals surface area contributed by atoms with Gasteiger partial charge in [0.1, 0.15) is 5.82 Å². The van der Waals surface area contributed by atoms with Crippen LogP contribution in [-0.4, -0.2) is 22.8 Å². The smallest absolute Gasteiger partial charge is 0.178 e. The van der Waals surface area contributed by atoms with E-state index >= 15 is 0 Å². The van der Waals surface area contributed by atoms with Gasteiger partial charge in [0, 0.05) is 13.2 Å². The average Bonchev–Trinajstić information content (AvgIpc) is 2.56. The molecule has 0 aliphatic heterocycles. The first-order valence-corrected chi connectivity index (χ1v) is 5.92. The van der Waals surface area contributed by atoms with Crippen molar-refractivity contribution in [2.24, 2.45) is 0 Å². The Bertz CT molecular complexity index is 607. The number of fused-ring (bicyclic) bond motifs is 1. The van der Waals surface area contributed by atoms with E-state index in [0.29, 0.717) is 16.8 Å². The van der Waals surface area contributed by atoms with E-state index in [1.807, 2.05) is 6.92 Å². The van der Waals surface area contributed by atoms with Crippen LogP contribution in [0.3, 0.4) is 0 Å². The van der Waals surface area contributed by atoms with E-state index in [9.17, 15) is 4.39 Å². The monoisotopic (exact) mass is 274 g/mol. The zero-order valence-corrected chi connectivity index (χ0v) is 11.0. The molecular formula is C11H12ClFN2OS. The Morgan fingerprint density at radius 3 is 2.94 bits per heavy atom. The molecule has 0 bridgehead atoms. The fraction of sp³-hybridized carbons (Fsp3) is 0.364. The molecule has 0 aliphatic carbocycles. The molecule has 0 fully saturated rings. The van der Waals surface area contributed by atoms with Gasteiger partial charge in [-0.2, -0.15) is 0 Å². The average molecular weight is 275 g/mol. The number of nitrogens with one attached hydrogen (secondary N) is 1. The summed E-state index contributed by atoms with van der Waals surface area (Å²) in [5.74, 6) is -0.452. The van der Waals surface area contributed by atoms with Crippen LogP contribution in [0.1, 0.15) is 6.92 Å². The zero-order valence-electron chi connectivity index (χ0n) is 9.46. The van der Waals surface area contributed by atoms with Crippen LogP contribution in [-0.2, 0) is 11.3 Å². The summed E-state index contributed by atoms with van der Waals surface area (Å²) in [6.07, 6.45) is -0.000519. The minimum Gasteiger partial charge on any atom is -0.380 e. The van der Waals surface area contributed by atoms with Gasteiger partial charge in [0.2, 0.25) is 0 Å². The molecule has 6 heteroatoms. The van der Waals surface area contributed by atoms with Crippen molar-refractivity contribution in [3.63, 3.8) is 0 Å². The van der Waals surface area contributed by atoms with Crippen LogP contribution in [0.15, 0.2) is 12.1 Å². The van der Waals surface area contributed by atoms with Crippen molar-refractivity contribution >= 4 is 34.9 Å². The summed E-state index contributed by atoms with van der Waals surface area (Å²) in [6, 6.07) is 2.92. The molecule has 1 atom stereocenters. The summed E-state index contributed by atoms with van der Waals surface area (Å²) in [4.78, 5) is 3.00. The van der Waals surface area contributed by atoms with Crippen molar-refractivity contribution in [2.75, 3.05) is 7.11 Å². The molecule has 1 aromatic heterocycles. The first-order valence-electron chi connectivity index (χ1n) is 5.13. The topological polar surface area (TPSA) is 29.9 Å². The number of ether oxygens (including phenoxy) is 1. The summed E-state index contributed by atoms with van der Waals surface area (Å²) >= 11 is 10.9. The predicted octanol–water partition coefficient (Wildman–Crippen LogP) is 3.53. The third-order valence-corrected chi connectivity index (χ3v) is 3.27. The quantitative estimate of drug-likeness (QED) is 0.868. The molecule has 2 aromatic rings. The summed E-state index contributed by atoms with van der Waals surface area (Å²) in [6.45, 7) is 2.49. The lowest BCUT2D eigenvalue weighted by molar-refractivity contribution is 0.104. The van der Waals surface area contributed by atoms with Gasteiger partial charge < -0.3 is 14.3 Å². The molecule has 1 heterocycles. The Morgan fingerprint density at radius 2 is 2.29 bits per heavy atom. The van der Waals surface area contributed by atoms with Crippen LogP contribution in [0.4, 0.5) is 4.39 Å². The van der Waals surface area contributed by atoms with Crippen molar-refractivity contribution in [2.45, 2.75) is 19.6 Å². The van der Waals surface area contributed by atoms with Gasteiger partial charge >= 0.3 is 0 Å². The largest absolute Gasteiger partial charge is 0.380 e. The van der Waals surface area contributed by atoms with Gasteiger partial charge in [-0.3, -0.25) is 0 Å². The van der Waals surface area contributed by atoms with Crippen LogP contribution < -0.4 is 0 Å². The van der Waals surface area contributed by atoms with Gasteiger partial charge in [-0.1, -0.05) is 11.6 Å². The Labute approximate surface area is 108 Å². The lowest BCUT2D eigenvalue weighted by atomic mass is 10.3. The highest BCUT2D eigenvalue weighted by Gasteiger charge is 2.11. The van der Waals surface area contributed by atoms with Gasteiger partial charge in [-0.25, -0.2) is 4.39 Å². The van der Waals surface area contributed by atoms with Crippen molar-refractivity contribution in [3.8, 4) is 0 Å². The zero-order chi connectivity index (χ0) is 12.6. The number of aromatic nitrogens is 2. The van der Waals surface area contributed by atoms with Crippen LogP contribution in [0.2, 0.25) is 5.02 Å². The molecule has 92 valence electrons. The third kappa shape index (κ3) is 2.36. The minimum atomic E-state index is -0.452.